The number of primary amides is 1. The van der Waals surface area contributed by atoms with E-state index in [9.17, 15) is 4.79 Å². The van der Waals surface area contributed by atoms with Crippen LogP contribution in [0.2, 0.25) is 0 Å². The zero-order chi connectivity index (χ0) is 14.0. The third-order valence-electron chi connectivity index (χ3n) is 4.01. The van der Waals surface area contributed by atoms with E-state index in [0.29, 0.717) is 17.7 Å². The molecular formula is C14H22N2O2S. The van der Waals surface area contributed by atoms with Gasteiger partial charge in [-0.2, -0.15) is 0 Å². The van der Waals surface area contributed by atoms with Crippen molar-refractivity contribution in [3.63, 3.8) is 0 Å². The summed E-state index contributed by atoms with van der Waals surface area (Å²) in [7, 11) is 0. The highest BCUT2D eigenvalue weighted by Gasteiger charge is 2.48. The Bertz CT molecular complexity index is 456. The molecule has 1 amide bonds. The van der Waals surface area contributed by atoms with E-state index >= 15 is 0 Å². The highest BCUT2D eigenvalue weighted by molar-refractivity contribution is 7.10. The second-order valence-corrected chi connectivity index (χ2v) is 6.60. The lowest BCUT2D eigenvalue weighted by Gasteiger charge is -2.51. The predicted molar refractivity (Wildman–Crippen MR) is 77.3 cm³/mol. The Morgan fingerprint density at radius 1 is 1.63 bits per heavy atom. The Labute approximate surface area is 118 Å². The number of hydrogen-bond acceptors (Lipinski definition) is 4. The van der Waals surface area contributed by atoms with E-state index in [1.807, 2.05) is 18.4 Å². The van der Waals surface area contributed by atoms with Crippen LogP contribution in [0.4, 0.5) is 0 Å². The molecule has 1 aromatic heterocycles. The maximum Gasteiger partial charge on any atom is 0.249 e. The molecule has 1 aliphatic rings. The lowest BCUT2D eigenvalue weighted by molar-refractivity contribution is -0.114. The number of carbonyl (C=O) groups is 1. The van der Waals surface area contributed by atoms with E-state index < -0.39 is 0 Å². The SMILES string of the molecule is CCOC1CC(NCc2cc(C(N)=O)cs2)C1(C)C. The summed E-state index contributed by atoms with van der Waals surface area (Å²) in [5, 5.41) is 5.36. The number of ether oxygens (including phenoxy) is 1. The van der Waals surface area contributed by atoms with Crippen LogP contribution in [0.15, 0.2) is 11.4 Å². The average molecular weight is 282 g/mol. The summed E-state index contributed by atoms with van der Waals surface area (Å²) >= 11 is 1.57. The molecule has 0 aromatic carbocycles. The van der Waals surface area contributed by atoms with Gasteiger partial charge in [0.25, 0.3) is 0 Å². The fourth-order valence-corrected chi connectivity index (χ4v) is 3.37. The second kappa shape index (κ2) is 5.61. The molecule has 2 rings (SSSR count). The zero-order valence-corrected chi connectivity index (χ0v) is 12.5. The fourth-order valence-electron chi connectivity index (χ4n) is 2.54. The average Bonchev–Trinajstić information content (AvgIpc) is 2.81. The van der Waals surface area contributed by atoms with Gasteiger partial charge in [-0.1, -0.05) is 13.8 Å². The zero-order valence-electron chi connectivity index (χ0n) is 11.7. The summed E-state index contributed by atoms with van der Waals surface area (Å²) in [6.45, 7) is 8.06. The van der Waals surface area contributed by atoms with Crippen molar-refractivity contribution in [2.24, 2.45) is 11.1 Å². The third-order valence-corrected chi connectivity index (χ3v) is 4.94. The number of nitrogens with two attached hydrogens (primary N) is 1. The summed E-state index contributed by atoms with van der Waals surface area (Å²) < 4.78 is 5.71. The van der Waals surface area contributed by atoms with E-state index in [-0.39, 0.29) is 11.3 Å². The molecule has 0 saturated heterocycles. The van der Waals surface area contributed by atoms with Gasteiger partial charge in [0.2, 0.25) is 5.91 Å². The molecule has 19 heavy (non-hydrogen) atoms. The van der Waals surface area contributed by atoms with Crippen LogP contribution in [-0.4, -0.2) is 24.7 Å². The minimum absolute atomic E-state index is 0.166. The molecule has 5 heteroatoms. The summed E-state index contributed by atoms with van der Waals surface area (Å²) in [5.41, 5.74) is 6.01. The van der Waals surface area contributed by atoms with Crippen LogP contribution in [-0.2, 0) is 11.3 Å². The highest BCUT2D eigenvalue weighted by Crippen LogP contribution is 2.42. The molecule has 1 fully saturated rings. The van der Waals surface area contributed by atoms with Crippen LogP contribution in [0.1, 0.15) is 42.4 Å². The second-order valence-electron chi connectivity index (χ2n) is 5.60. The molecule has 1 saturated carbocycles. The van der Waals surface area contributed by atoms with E-state index in [0.717, 1.165) is 24.4 Å². The fraction of sp³-hybridized carbons (Fsp3) is 0.643. The van der Waals surface area contributed by atoms with Crippen LogP contribution < -0.4 is 11.1 Å². The van der Waals surface area contributed by atoms with Crippen molar-refractivity contribution in [1.82, 2.24) is 5.32 Å². The first-order valence-corrected chi connectivity index (χ1v) is 7.55. The van der Waals surface area contributed by atoms with E-state index in [2.05, 4.69) is 19.2 Å². The van der Waals surface area contributed by atoms with Gasteiger partial charge >= 0.3 is 0 Å². The molecule has 106 valence electrons. The van der Waals surface area contributed by atoms with Gasteiger partial charge in [0.05, 0.1) is 11.7 Å². The van der Waals surface area contributed by atoms with Crippen molar-refractivity contribution in [2.45, 2.75) is 45.9 Å². The van der Waals surface area contributed by atoms with Crippen molar-refractivity contribution in [1.29, 1.82) is 0 Å². The molecular weight excluding hydrogens is 260 g/mol. The molecule has 0 radical (unpaired) electrons. The summed E-state index contributed by atoms with van der Waals surface area (Å²) in [4.78, 5) is 12.2. The summed E-state index contributed by atoms with van der Waals surface area (Å²) in [6, 6.07) is 2.33. The predicted octanol–water partition coefficient (Wildman–Crippen LogP) is 2.14. The van der Waals surface area contributed by atoms with Gasteiger partial charge in [0, 0.05) is 34.9 Å². The first-order chi connectivity index (χ1) is 8.95. The molecule has 2 unspecified atom stereocenters. The van der Waals surface area contributed by atoms with E-state index in [4.69, 9.17) is 10.5 Å². The van der Waals surface area contributed by atoms with Gasteiger partial charge in [0.15, 0.2) is 0 Å². The Balaban J connectivity index is 1.85. The smallest absolute Gasteiger partial charge is 0.249 e. The van der Waals surface area contributed by atoms with Gasteiger partial charge in [0.1, 0.15) is 0 Å². The van der Waals surface area contributed by atoms with Crippen LogP contribution in [0, 0.1) is 5.41 Å². The third kappa shape index (κ3) is 2.99. The normalized spacial score (nSPS) is 25.0. The quantitative estimate of drug-likeness (QED) is 0.840. The van der Waals surface area contributed by atoms with Crippen molar-refractivity contribution in [2.75, 3.05) is 6.61 Å². The molecule has 4 nitrogen and oxygen atoms in total. The number of rotatable bonds is 6. The maximum absolute atomic E-state index is 11.0. The van der Waals surface area contributed by atoms with Crippen LogP contribution in [0.5, 0.6) is 0 Å². The number of amides is 1. The molecule has 1 aliphatic carbocycles. The molecule has 0 bridgehead atoms. The van der Waals surface area contributed by atoms with Crippen molar-refractivity contribution < 1.29 is 9.53 Å². The van der Waals surface area contributed by atoms with Gasteiger partial charge in [-0.25, -0.2) is 0 Å². The molecule has 3 N–H and O–H groups in total. The Hall–Kier alpha value is -0.910. The Morgan fingerprint density at radius 2 is 2.37 bits per heavy atom. The van der Waals surface area contributed by atoms with Crippen molar-refractivity contribution in [3.05, 3.63) is 21.9 Å². The number of carbonyl (C=O) groups excluding carboxylic acids is 1. The van der Waals surface area contributed by atoms with Crippen LogP contribution in [0.3, 0.4) is 0 Å². The lowest BCUT2D eigenvalue weighted by atomic mass is 9.64. The van der Waals surface area contributed by atoms with Crippen molar-refractivity contribution in [3.8, 4) is 0 Å². The Morgan fingerprint density at radius 3 is 2.89 bits per heavy atom. The van der Waals surface area contributed by atoms with Gasteiger partial charge in [-0.15, -0.1) is 11.3 Å². The van der Waals surface area contributed by atoms with Crippen LogP contribution in [0.25, 0.3) is 0 Å². The summed E-state index contributed by atoms with van der Waals surface area (Å²) in [5.74, 6) is -0.358. The molecule has 0 spiro atoms. The monoisotopic (exact) mass is 282 g/mol. The number of thiophene rings is 1. The Kier molecular flexibility index (Phi) is 4.28. The minimum Gasteiger partial charge on any atom is -0.378 e. The van der Waals surface area contributed by atoms with E-state index in [1.165, 1.54) is 0 Å². The minimum atomic E-state index is -0.358. The molecule has 0 aliphatic heterocycles. The lowest BCUT2D eigenvalue weighted by Crippen LogP contribution is -2.60. The van der Waals surface area contributed by atoms with Gasteiger partial charge < -0.3 is 15.8 Å². The molecule has 1 heterocycles. The standard InChI is InChI=1S/C14H22N2O2S/c1-4-18-12-6-11(14(12,2)3)16-7-10-5-9(8-19-10)13(15)17/h5,8,11-12,16H,4,6-7H2,1-3H3,(H2,15,17). The molecule has 1 aromatic rings. The maximum atomic E-state index is 11.0. The van der Waals surface area contributed by atoms with Gasteiger partial charge in [-0.05, 0) is 19.4 Å². The topological polar surface area (TPSA) is 64.3 Å². The number of nitrogens with one attached hydrogen (secondary N) is 1. The first-order valence-electron chi connectivity index (χ1n) is 6.67. The molecule has 2 atom stereocenters. The van der Waals surface area contributed by atoms with Crippen molar-refractivity contribution >= 4 is 17.2 Å². The number of hydrogen-bond donors (Lipinski definition) is 2. The van der Waals surface area contributed by atoms with E-state index in [1.54, 1.807) is 11.3 Å². The summed E-state index contributed by atoms with van der Waals surface area (Å²) in [6.07, 6.45) is 1.40. The largest absolute Gasteiger partial charge is 0.378 e. The first kappa shape index (κ1) is 14.5. The highest BCUT2D eigenvalue weighted by atomic mass is 32.1. The van der Waals surface area contributed by atoms with Gasteiger partial charge in [-0.3, -0.25) is 4.79 Å². The van der Waals surface area contributed by atoms with Crippen LogP contribution >= 0.6 is 11.3 Å².